The molecule has 40 heavy (non-hydrogen) atoms. The average molecular weight is 510 g/mol. The van der Waals surface area contributed by atoms with Crippen LogP contribution in [0.15, 0.2) is 152 Å². The lowest BCUT2D eigenvalue weighted by Crippen LogP contribution is -1.97. The average Bonchev–Trinajstić information content (AvgIpc) is 3.56. The van der Waals surface area contributed by atoms with Gasteiger partial charge in [-0.3, -0.25) is 0 Å². The zero-order chi connectivity index (χ0) is 26.5. The maximum absolute atomic E-state index is 2.47. The van der Waals surface area contributed by atoms with E-state index in [9.17, 15) is 0 Å². The molecule has 1 aromatic heterocycles. The Morgan fingerprint density at radius 3 is 1.73 bits per heavy atom. The largest absolute Gasteiger partial charge is 0.309 e. The molecular weight excluding hydrogens is 482 g/mol. The summed E-state index contributed by atoms with van der Waals surface area (Å²) in [6.07, 6.45) is 0.968. The highest BCUT2D eigenvalue weighted by Gasteiger charge is 2.27. The molecule has 0 fully saturated rings. The van der Waals surface area contributed by atoms with Crippen molar-refractivity contribution in [2.75, 3.05) is 0 Å². The Bertz CT molecular complexity index is 1990. The lowest BCUT2D eigenvalue weighted by Gasteiger charge is -2.14. The topological polar surface area (TPSA) is 4.93 Å². The van der Waals surface area contributed by atoms with Crippen molar-refractivity contribution in [1.82, 2.24) is 4.57 Å². The van der Waals surface area contributed by atoms with Crippen molar-refractivity contribution in [1.29, 1.82) is 0 Å². The molecule has 1 nitrogen and oxygen atoms in total. The van der Waals surface area contributed by atoms with Crippen molar-refractivity contribution < 1.29 is 0 Å². The van der Waals surface area contributed by atoms with Gasteiger partial charge in [-0.05, 0) is 68.8 Å². The first-order chi connectivity index (χ1) is 19.8. The Morgan fingerprint density at radius 1 is 0.425 bits per heavy atom. The number of rotatable bonds is 4. The summed E-state index contributed by atoms with van der Waals surface area (Å²) < 4.78 is 2.47. The van der Waals surface area contributed by atoms with Gasteiger partial charge in [0.05, 0.1) is 11.2 Å². The van der Waals surface area contributed by atoms with E-state index in [0.717, 1.165) is 6.42 Å². The highest BCUT2D eigenvalue weighted by molar-refractivity contribution is 5.98. The van der Waals surface area contributed by atoms with Gasteiger partial charge >= 0.3 is 0 Å². The van der Waals surface area contributed by atoms with Gasteiger partial charge in [-0.2, -0.15) is 0 Å². The molecule has 7 aromatic rings. The summed E-state index contributed by atoms with van der Waals surface area (Å²) in [5.74, 6) is 0. The molecule has 0 N–H and O–H groups in total. The monoisotopic (exact) mass is 509 g/mol. The summed E-state index contributed by atoms with van der Waals surface area (Å²) in [7, 11) is 0. The first kappa shape index (κ1) is 22.8. The van der Waals surface area contributed by atoms with Crippen molar-refractivity contribution >= 4 is 10.9 Å². The summed E-state index contributed by atoms with van der Waals surface area (Å²) in [6.45, 7) is 0. The molecule has 188 valence electrons. The second-order valence-corrected chi connectivity index (χ2v) is 10.6. The van der Waals surface area contributed by atoms with Crippen LogP contribution < -0.4 is 0 Å². The molecule has 0 saturated carbocycles. The summed E-state index contributed by atoms with van der Waals surface area (Å²) in [5, 5.41) is 1.34. The minimum absolute atomic E-state index is 0.968. The van der Waals surface area contributed by atoms with Crippen LogP contribution in [0.1, 0.15) is 11.1 Å². The van der Waals surface area contributed by atoms with Crippen LogP contribution in [-0.4, -0.2) is 4.57 Å². The number of hydrogen-bond acceptors (Lipinski definition) is 0. The molecule has 0 amide bonds. The molecule has 0 spiro atoms. The van der Waals surface area contributed by atoms with Crippen molar-refractivity contribution in [2.24, 2.45) is 0 Å². The van der Waals surface area contributed by atoms with E-state index in [2.05, 4.69) is 156 Å². The van der Waals surface area contributed by atoms with Gasteiger partial charge < -0.3 is 4.57 Å². The zero-order valence-electron chi connectivity index (χ0n) is 22.1. The Kier molecular flexibility index (Phi) is 5.28. The maximum Gasteiger partial charge on any atom is 0.0579 e. The molecule has 8 rings (SSSR count). The van der Waals surface area contributed by atoms with Gasteiger partial charge in [0.1, 0.15) is 0 Å². The van der Waals surface area contributed by atoms with Gasteiger partial charge in [0, 0.05) is 23.1 Å². The molecule has 6 aromatic carbocycles. The van der Waals surface area contributed by atoms with Crippen LogP contribution in [0.3, 0.4) is 0 Å². The van der Waals surface area contributed by atoms with Crippen LogP contribution in [0, 0.1) is 0 Å². The van der Waals surface area contributed by atoms with Gasteiger partial charge in [0.2, 0.25) is 0 Å². The molecule has 0 unspecified atom stereocenters. The normalized spacial score (nSPS) is 11.9. The third-order valence-electron chi connectivity index (χ3n) is 8.27. The standard InChI is InChI=1S/C39H27N/c1-3-11-27(12-4-1)30-19-20-31-26-37-35-17-9-10-18-38(35)40(39(37)36(31)25-30)32-23-21-29(22-24-32)34-16-8-7-15-33(34)28-13-5-2-6-14-28/h1-25H,26H2. The first-order valence-electron chi connectivity index (χ1n) is 13.9. The van der Waals surface area contributed by atoms with Crippen LogP contribution in [0.25, 0.3) is 61.2 Å². The van der Waals surface area contributed by atoms with E-state index in [1.807, 2.05) is 0 Å². The van der Waals surface area contributed by atoms with Crippen LogP contribution in [0.2, 0.25) is 0 Å². The highest BCUT2D eigenvalue weighted by atomic mass is 15.0. The van der Waals surface area contributed by atoms with Crippen molar-refractivity contribution in [3.8, 4) is 50.3 Å². The fraction of sp³-hybridized carbons (Fsp3) is 0.0256. The van der Waals surface area contributed by atoms with E-state index in [0.29, 0.717) is 0 Å². The van der Waals surface area contributed by atoms with E-state index in [4.69, 9.17) is 0 Å². The highest BCUT2D eigenvalue weighted by Crippen LogP contribution is 2.46. The van der Waals surface area contributed by atoms with Crippen LogP contribution in [0.4, 0.5) is 0 Å². The quantitative estimate of drug-likeness (QED) is 0.222. The van der Waals surface area contributed by atoms with E-state index in [1.54, 1.807) is 0 Å². The third-order valence-corrected chi connectivity index (χ3v) is 8.27. The minimum Gasteiger partial charge on any atom is -0.309 e. The Labute approximate surface area is 234 Å². The lowest BCUT2D eigenvalue weighted by atomic mass is 9.94. The van der Waals surface area contributed by atoms with E-state index in [-0.39, 0.29) is 0 Å². The molecule has 0 atom stereocenters. The predicted molar refractivity (Wildman–Crippen MR) is 168 cm³/mol. The van der Waals surface area contributed by atoms with E-state index in [1.165, 1.54) is 72.4 Å². The number of hydrogen-bond donors (Lipinski definition) is 0. The molecular formula is C39H27N. The zero-order valence-corrected chi connectivity index (χ0v) is 22.1. The minimum atomic E-state index is 0.968. The fourth-order valence-electron chi connectivity index (χ4n) is 6.38. The first-order valence-corrected chi connectivity index (χ1v) is 13.9. The molecule has 0 aliphatic heterocycles. The molecule has 0 saturated heterocycles. The molecule has 0 bridgehead atoms. The number of nitrogens with zero attached hydrogens (tertiary/aromatic N) is 1. The van der Waals surface area contributed by atoms with Crippen molar-refractivity contribution in [3.05, 3.63) is 163 Å². The van der Waals surface area contributed by atoms with E-state index < -0.39 is 0 Å². The Balaban J connectivity index is 1.28. The maximum atomic E-state index is 2.47. The Hall–Kier alpha value is -5.14. The van der Waals surface area contributed by atoms with Crippen molar-refractivity contribution in [2.45, 2.75) is 6.42 Å². The smallest absolute Gasteiger partial charge is 0.0579 e. The van der Waals surface area contributed by atoms with Crippen molar-refractivity contribution in [3.63, 3.8) is 0 Å². The third kappa shape index (κ3) is 3.63. The SMILES string of the molecule is c1ccc(-c2ccc3c(c2)-c2c(c4ccccc4n2-c2ccc(-c4ccccc4-c4ccccc4)cc2)C3)cc1. The van der Waals surface area contributed by atoms with Gasteiger partial charge in [-0.25, -0.2) is 0 Å². The molecule has 0 radical (unpaired) electrons. The fourth-order valence-corrected chi connectivity index (χ4v) is 6.38. The van der Waals surface area contributed by atoms with Gasteiger partial charge in [0.15, 0.2) is 0 Å². The number of fused-ring (bicyclic) bond motifs is 5. The molecule has 1 aliphatic rings. The summed E-state index contributed by atoms with van der Waals surface area (Å²) >= 11 is 0. The number of benzene rings is 6. The number of aromatic nitrogens is 1. The van der Waals surface area contributed by atoms with Gasteiger partial charge in [-0.15, -0.1) is 0 Å². The second-order valence-electron chi connectivity index (χ2n) is 10.6. The van der Waals surface area contributed by atoms with Crippen LogP contribution in [-0.2, 0) is 6.42 Å². The molecule has 1 heterocycles. The van der Waals surface area contributed by atoms with Gasteiger partial charge in [0.25, 0.3) is 0 Å². The summed E-state index contributed by atoms with van der Waals surface area (Å²) in [4.78, 5) is 0. The summed E-state index contributed by atoms with van der Waals surface area (Å²) in [5.41, 5.74) is 15.4. The second kappa shape index (κ2) is 9.25. The summed E-state index contributed by atoms with van der Waals surface area (Å²) in [6, 6.07) is 55.0. The Morgan fingerprint density at radius 2 is 1.00 bits per heavy atom. The van der Waals surface area contributed by atoms with Crippen LogP contribution in [0.5, 0.6) is 0 Å². The number of para-hydroxylation sites is 1. The lowest BCUT2D eigenvalue weighted by molar-refractivity contribution is 1.13. The van der Waals surface area contributed by atoms with E-state index >= 15 is 0 Å². The van der Waals surface area contributed by atoms with Gasteiger partial charge in [-0.1, -0.05) is 127 Å². The molecule has 1 heteroatoms. The predicted octanol–water partition coefficient (Wildman–Crippen LogP) is 10.2. The van der Waals surface area contributed by atoms with Crippen LogP contribution >= 0.6 is 0 Å². The molecule has 1 aliphatic carbocycles.